The molecule has 0 saturated carbocycles. The first-order chi connectivity index (χ1) is 13.0. The van der Waals surface area contributed by atoms with Gasteiger partial charge in [0.1, 0.15) is 10.5 Å². The van der Waals surface area contributed by atoms with Crippen molar-refractivity contribution in [3.8, 4) is 0 Å². The molecule has 1 amide bonds. The zero-order valence-corrected chi connectivity index (χ0v) is 17.4. The second-order valence-electron chi connectivity index (χ2n) is 6.00. The molecule has 0 aliphatic carbocycles. The summed E-state index contributed by atoms with van der Waals surface area (Å²) in [5.74, 6) is -0.301. The summed E-state index contributed by atoms with van der Waals surface area (Å²) in [5.41, 5.74) is 2.71. The third kappa shape index (κ3) is 3.24. The zero-order valence-electron chi connectivity index (χ0n) is 14.2. The molecule has 2 aromatic heterocycles. The van der Waals surface area contributed by atoms with E-state index in [0.29, 0.717) is 31.1 Å². The van der Waals surface area contributed by atoms with Crippen LogP contribution < -0.4 is 10.9 Å². The van der Waals surface area contributed by atoms with Gasteiger partial charge in [-0.05, 0) is 54.5 Å². The molecule has 0 atom stereocenters. The number of amides is 1. The highest BCUT2D eigenvalue weighted by Crippen LogP contribution is 2.25. The molecule has 8 heteroatoms. The molecular formula is C19H14BrN3O2S2. The molecule has 0 radical (unpaired) electrons. The minimum absolute atomic E-state index is 0.263. The summed E-state index contributed by atoms with van der Waals surface area (Å²) in [6, 6.07) is 13.1. The van der Waals surface area contributed by atoms with Crippen molar-refractivity contribution in [2.75, 3.05) is 5.32 Å². The molecule has 2 N–H and O–H groups in total. The van der Waals surface area contributed by atoms with Crippen molar-refractivity contribution in [1.29, 1.82) is 0 Å². The largest absolute Gasteiger partial charge is 0.321 e. The maximum atomic E-state index is 12.8. The first-order valence-corrected chi connectivity index (χ1v) is 10.3. The summed E-state index contributed by atoms with van der Waals surface area (Å²) >= 11 is 10.0. The number of carbonyl (C=O) groups excluding carboxylic acids is 1. The van der Waals surface area contributed by atoms with Gasteiger partial charge in [-0.1, -0.05) is 46.3 Å². The molecule has 136 valence electrons. The number of nitrogens with zero attached hydrogens (tertiary/aromatic N) is 1. The molecule has 0 fully saturated rings. The lowest BCUT2D eigenvalue weighted by molar-refractivity contribution is 0.103. The summed E-state index contributed by atoms with van der Waals surface area (Å²) in [6.07, 6.45) is 0.935. The van der Waals surface area contributed by atoms with Crippen molar-refractivity contribution in [3.05, 3.63) is 71.7 Å². The lowest BCUT2D eigenvalue weighted by Gasteiger charge is -2.06. The Kier molecular flexibility index (Phi) is 4.71. The fourth-order valence-corrected chi connectivity index (χ4v) is 4.57. The highest BCUT2D eigenvalue weighted by molar-refractivity contribution is 9.10. The number of H-pyrrole nitrogens is 1. The number of hydrogen-bond acceptors (Lipinski definition) is 4. The summed E-state index contributed by atoms with van der Waals surface area (Å²) in [6.45, 7) is 2.08. The maximum Gasteiger partial charge on any atom is 0.269 e. The zero-order chi connectivity index (χ0) is 19.1. The number of nitrogens with one attached hydrogen (secondary N) is 2. The minimum Gasteiger partial charge on any atom is -0.321 e. The number of aryl methyl sites for hydroxylation is 1. The van der Waals surface area contributed by atoms with E-state index in [4.69, 9.17) is 12.2 Å². The fraction of sp³-hybridized carbons (Fsp3) is 0.105. The smallest absolute Gasteiger partial charge is 0.269 e. The minimum atomic E-state index is -0.301. The number of carbonyl (C=O) groups is 1. The van der Waals surface area contributed by atoms with Gasteiger partial charge in [0, 0.05) is 10.2 Å². The number of anilines is 1. The number of hydrogen-bond donors (Lipinski definition) is 2. The van der Waals surface area contributed by atoms with Gasteiger partial charge in [-0.25, -0.2) is 0 Å². The van der Waals surface area contributed by atoms with Crippen molar-refractivity contribution < 1.29 is 4.79 Å². The number of fused-ring (bicyclic) bond motifs is 3. The number of benzene rings is 2. The normalized spacial score (nSPS) is 11.2. The number of aromatic amines is 1. The molecule has 2 aromatic carbocycles. The summed E-state index contributed by atoms with van der Waals surface area (Å²) < 4.78 is 3.04. The van der Waals surface area contributed by atoms with Gasteiger partial charge in [-0.15, -0.1) is 0 Å². The van der Waals surface area contributed by atoms with Crippen molar-refractivity contribution >= 4 is 67.6 Å². The van der Waals surface area contributed by atoms with E-state index in [0.717, 1.165) is 10.9 Å². The van der Waals surface area contributed by atoms with E-state index < -0.39 is 0 Å². The van der Waals surface area contributed by atoms with Gasteiger partial charge >= 0.3 is 0 Å². The van der Waals surface area contributed by atoms with Crippen LogP contribution in [0.3, 0.4) is 0 Å². The van der Waals surface area contributed by atoms with Crippen molar-refractivity contribution in [2.24, 2.45) is 0 Å². The molecule has 0 aliphatic rings. The van der Waals surface area contributed by atoms with E-state index in [1.54, 1.807) is 10.5 Å². The Bertz CT molecular complexity index is 1300. The number of thiazole rings is 1. The first-order valence-electron chi connectivity index (χ1n) is 8.25. The highest BCUT2D eigenvalue weighted by atomic mass is 79.9. The Labute approximate surface area is 171 Å². The molecule has 0 saturated heterocycles. The second-order valence-corrected chi connectivity index (χ2v) is 8.56. The van der Waals surface area contributed by atoms with Crippen LogP contribution in [0, 0.1) is 3.95 Å². The number of aromatic nitrogens is 2. The van der Waals surface area contributed by atoms with Crippen molar-refractivity contribution in [1.82, 2.24) is 9.38 Å². The van der Waals surface area contributed by atoms with Crippen molar-refractivity contribution in [3.63, 3.8) is 0 Å². The van der Waals surface area contributed by atoms with Crippen LogP contribution in [0.25, 0.3) is 16.6 Å². The molecule has 0 spiro atoms. The molecule has 0 aliphatic heterocycles. The molecule has 0 unspecified atom stereocenters. The van der Waals surface area contributed by atoms with Gasteiger partial charge in [0.05, 0.1) is 10.9 Å². The Hall–Kier alpha value is -2.29. The molecule has 4 rings (SSSR count). The molecule has 0 bridgehead atoms. The van der Waals surface area contributed by atoms with Crippen LogP contribution in [0.5, 0.6) is 0 Å². The Balaban J connectivity index is 1.83. The maximum absolute atomic E-state index is 12.8. The van der Waals surface area contributed by atoms with E-state index in [2.05, 4.69) is 33.2 Å². The van der Waals surface area contributed by atoms with Crippen molar-refractivity contribution in [2.45, 2.75) is 13.3 Å². The molecule has 27 heavy (non-hydrogen) atoms. The molecule has 2 heterocycles. The van der Waals surface area contributed by atoms with Crippen LogP contribution in [-0.2, 0) is 6.42 Å². The van der Waals surface area contributed by atoms with Gasteiger partial charge in [0.25, 0.3) is 11.5 Å². The average Bonchev–Trinajstić information content (AvgIpc) is 2.99. The van der Waals surface area contributed by atoms with Crippen LogP contribution in [0.15, 0.2) is 51.7 Å². The molecular weight excluding hydrogens is 446 g/mol. The summed E-state index contributed by atoms with van der Waals surface area (Å²) in [7, 11) is 0. The van der Waals surface area contributed by atoms with Gasteiger partial charge < -0.3 is 10.3 Å². The Morgan fingerprint density at radius 1 is 1.26 bits per heavy atom. The van der Waals surface area contributed by atoms with E-state index in [1.807, 2.05) is 36.4 Å². The lowest BCUT2D eigenvalue weighted by atomic mass is 10.1. The monoisotopic (exact) mass is 459 g/mol. The predicted octanol–water partition coefficient (Wildman–Crippen LogP) is 5.15. The fourth-order valence-electron chi connectivity index (χ4n) is 2.93. The summed E-state index contributed by atoms with van der Waals surface area (Å²) in [5, 5.41) is 3.38. The highest BCUT2D eigenvalue weighted by Gasteiger charge is 2.18. The molecule has 4 aromatic rings. The number of halogens is 1. The van der Waals surface area contributed by atoms with Gasteiger partial charge in [-0.2, -0.15) is 0 Å². The standard InChI is InChI=1S/C19H14BrN3O2S2/c1-2-10-3-6-12(7-4-10)21-18(25)15-16-22-17(24)13-9-11(20)5-8-14(13)23(16)19(26)27-15/h3-9H,2H2,1H3,(H,21,25)(H,22,24). The van der Waals surface area contributed by atoms with E-state index in [9.17, 15) is 9.59 Å². The van der Waals surface area contributed by atoms with E-state index >= 15 is 0 Å². The predicted molar refractivity (Wildman–Crippen MR) is 116 cm³/mol. The van der Waals surface area contributed by atoms with Gasteiger partial charge in [-0.3, -0.25) is 14.0 Å². The second kappa shape index (κ2) is 7.03. The molecule has 5 nitrogen and oxygen atoms in total. The van der Waals surface area contributed by atoms with Crippen LogP contribution >= 0.6 is 39.5 Å². The van der Waals surface area contributed by atoms with Crippen LogP contribution in [0.2, 0.25) is 0 Å². The Morgan fingerprint density at radius 2 is 2.00 bits per heavy atom. The third-order valence-electron chi connectivity index (χ3n) is 4.31. The number of rotatable bonds is 3. The van der Waals surface area contributed by atoms with Crippen LogP contribution in [0.4, 0.5) is 5.69 Å². The SMILES string of the molecule is CCc1ccc(NC(=O)c2sc(=S)n3c2[nH]c(=O)c2cc(Br)ccc23)cc1. The van der Waals surface area contributed by atoms with Crippen LogP contribution in [0.1, 0.15) is 22.2 Å². The third-order valence-corrected chi connectivity index (χ3v) is 6.18. The average molecular weight is 460 g/mol. The van der Waals surface area contributed by atoms with Gasteiger partial charge in [0.15, 0.2) is 3.95 Å². The lowest BCUT2D eigenvalue weighted by Crippen LogP contribution is -2.15. The topological polar surface area (TPSA) is 66.4 Å². The summed E-state index contributed by atoms with van der Waals surface area (Å²) in [4.78, 5) is 28.5. The quantitative estimate of drug-likeness (QED) is 0.416. The van der Waals surface area contributed by atoms with E-state index in [-0.39, 0.29) is 11.5 Å². The van der Waals surface area contributed by atoms with Gasteiger partial charge in [0.2, 0.25) is 0 Å². The Morgan fingerprint density at radius 3 is 2.70 bits per heavy atom. The first kappa shape index (κ1) is 18.1. The van der Waals surface area contributed by atoms with E-state index in [1.165, 1.54) is 16.9 Å². The van der Waals surface area contributed by atoms with Crippen LogP contribution in [-0.4, -0.2) is 15.3 Å².